The van der Waals surface area contributed by atoms with Crippen LogP contribution in [0, 0.1) is 0 Å². The molecule has 0 atom stereocenters. The minimum Gasteiger partial charge on any atom is -0.497 e. The summed E-state index contributed by atoms with van der Waals surface area (Å²) in [6, 6.07) is 9.61. The molecule has 1 aromatic carbocycles. The van der Waals surface area contributed by atoms with Crippen LogP contribution in [-0.2, 0) is 5.75 Å². The molecule has 0 radical (unpaired) electrons. The predicted molar refractivity (Wildman–Crippen MR) is 101 cm³/mol. The molecule has 0 amide bonds. The van der Waals surface area contributed by atoms with E-state index in [4.69, 9.17) is 9.15 Å². The van der Waals surface area contributed by atoms with Crippen molar-refractivity contribution in [2.75, 3.05) is 7.11 Å². The van der Waals surface area contributed by atoms with Gasteiger partial charge in [0.2, 0.25) is 5.89 Å². The van der Waals surface area contributed by atoms with E-state index in [1.165, 1.54) is 17.3 Å². The highest BCUT2D eigenvalue weighted by Gasteiger charge is 2.11. The van der Waals surface area contributed by atoms with E-state index >= 15 is 0 Å². The molecular formula is C17H13N3O2S3. The molecule has 3 heterocycles. The maximum atomic E-state index is 5.72. The SMILES string of the molecule is COc1ccc(-c2nnc(SCc3csc(-c4ccsc4)n3)o2)cc1. The molecule has 0 fully saturated rings. The van der Waals surface area contributed by atoms with Gasteiger partial charge in [-0.15, -0.1) is 21.5 Å². The molecule has 0 saturated carbocycles. The topological polar surface area (TPSA) is 61.0 Å². The summed E-state index contributed by atoms with van der Waals surface area (Å²) < 4.78 is 10.9. The summed E-state index contributed by atoms with van der Waals surface area (Å²) in [5, 5.41) is 16.0. The standard InChI is InChI=1S/C17H13N3O2S3/c1-21-14-4-2-11(3-5-14)15-19-20-17(22-15)25-10-13-9-24-16(18-13)12-6-7-23-8-12/h2-9H,10H2,1H3. The zero-order valence-corrected chi connectivity index (χ0v) is 15.7. The number of aromatic nitrogens is 3. The number of thioether (sulfide) groups is 1. The van der Waals surface area contributed by atoms with Crippen molar-refractivity contribution in [1.82, 2.24) is 15.2 Å². The van der Waals surface area contributed by atoms with E-state index in [1.807, 2.05) is 24.3 Å². The van der Waals surface area contributed by atoms with E-state index in [0.29, 0.717) is 16.9 Å². The molecule has 0 unspecified atom stereocenters. The third kappa shape index (κ3) is 3.76. The average molecular weight is 388 g/mol. The number of rotatable bonds is 6. The molecule has 4 rings (SSSR count). The Balaban J connectivity index is 1.41. The second kappa shape index (κ2) is 7.38. The smallest absolute Gasteiger partial charge is 0.277 e. The van der Waals surface area contributed by atoms with Gasteiger partial charge in [-0.1, -0.05) is 11.8 Å². The fourth-order valence-corrected chi connectivity index (χ4v) is 4.44. The molecule has 0 aliphatic carbocycles. The van der Waals surface area contributed by atoms with E-state index in [9.17, 15) is 0 Å². The van der Waals surface area contributed by atoms with Crippen LogP contribution < -0.4 is 4.74 Å². The van der Waals surface area contributed by atoms with Gasteiger partial charge in [-0.3, -0.25) is 0 Å². The first-order chi connectivity index (χ1) is 12.3. The highest BCUT2D eigenvalue weighted by molar-refractivity contribution is 7.98. The van der Waals surface area contributed by atoms with Crippen molar-refractivity contribution in [3.05, 3.63) is 52.2 Å². The summed E-state index contributed by atoms with van der Waals surface area (Å²) >= 11 is 4.82. The molecule has 0 saturated heterocycles. The Hall–Kier alpha value is -2.16. The Morgan fingerprint density at radius 1 is 1.08 bits per heavy atom. The molecule has 3 aromatic heterocycles. The lowest BCUT2D eigenvalue weighted by atomic mass is 10.2. The number of ether oxygens (including phenoxy) is 1. The fraction of sp³-hybridized carbons (Fsp3) is 0.118. The van der Waals surface area contributed by atoms with Gasteiger partial charge in [0.15, 0.2) is 0 Å². The first-order valence-corrected chi connectivity index (χ1v) is 10.2. The van der Waals surface area contributed by atoms with Gasteiger partial charge in [0.05, 0.1) is 12.8 Å². The Labute approximate surface area is 156 Å². The molecule has 0 aliphatic rings. The predicted octanol–water partition coefficient (Wildman–Crippen LogP) is 5.22. The van der Waals surface area contributed by atoms with Crippen LogP contribution in [0.5, 0.6) is 5.75 Å². The van der Waals surface area contributed by atoms with E-state index in [0.717, 1.165) is 22.0 Å². The summed E-state index contributed by atoms with van der Waals surface area (Å²) in [6.07, 6.45) is 0. The second-order valence-electron chi connectivity index (χ2n) is 5.05. The van der Waals surface area contributed by atoms with Crippen molar-refractivity contribution in [1.29, 1.82) is 0 Å². The van der Waals surface area contributed by atoms with Crippen LogP contribution >= 0.6 is 34.4 Å². The van der Waals surface area contributed by atoms with Gasteiger partial charge in [0.25, 0.3) is 5.22 Å². The van der Waals surface area contributed by atoms with Crippen molar-refractivity contribution in [3.63, 3.8) is 0 Å². The molecule has 0 aliphatic heterocycles. The molecule has 0 bridgehead atoms. The molecule has 25 heavy (non-hydrogen) atoms. The number of nitrogens with zero attached hydrogens (tertiary/aromatic N) is 3. The van der Waals surface area contributed by atoms with Crippen LogP contribution in [0.3, 0.4) is 0 Å². The molecule has 126 valence electrons. The summed E-state index contributed by atoms with van der Waals surface area (Å²) in [6.45, 7) is 0. The molecule has 8 heteroatoms. The number of hydrogen-bond acceptors (Lipinski definition) is 8. The van der Waals surface area contributed by atoms with Crippen LogP contribution in [-0.4, -0.2) is 22.3 Å². The van der Waals surface area contributed by atoms with Crippen LogP contribution in [0.1, 0.15) is 5.69 Å². The van der Waals surface area contributed by atoms with Gasteiger partial charge in [-0.25, -0.2) is 4.98 Å². The van der Waals surface area contributed by atoms with Crippen LogP contribution in [0.15, 0.2) is 56.1 Å². The third-order valence-corrected chi connectivity index (χ3v) is 5.88. The van der Waals surface area contributed by atoms with Crippen LogP contribution in [0.4, 0.5) is 0 Å². The van der Waals surface area contributed by atoms with Gasteiger partial charge in [0, 0.05) is 27.6 Å². The Bertz CT molecular complexity index is 946. The van der Waals surface area contributed by atoms with Gasteiger partial charge in [-0.05, 0) is 35.7 Å². The largest absolute Gasteiger partial charge is 0.497 e. The zero-order valence-electron chi connectivity index (χ0n) is 13.2. The minimum absolute atomic E-state index is 0.502. The average Bonchev–Trinajstić information content (AvgIpc) is 3.41. The maximum Gasteiger partial charge on any atom is 0.277 e. The maximum absolute atomic E-state index is 5.72. The van der Waals surface area contributed by atoms with E-state index in [-0.39, 0.29) is 0 Å². The number of hydrogen-bond donors (Lipinski definition) is 0. The van der Waals surface area contributed by atoms with Gasteiger partial charge < -0.3 is 9.15 Å². The third-order valence-electron chi connectivity index (χ3n) is 3.41. The summed E-state index contributed by atoms with van der Waals surface area (Å²) in [5.74, 6) is 2.00. The lowest BCUT2D eigenvalue weighted by molar-refractivity contribution is 0.414. The molecule has 0 spiro atoms. The summed E-state index contributed by atoms with van der Waals surface area (Å²) in [4.78, 5) is 4.65. The summed E-state index contributed by atoms with van der Waals surface area (Å²) in [5.41, 5.74) is 3.06. The molecular weight excluding hydrogens is 374 g/mol. The quantitative estimate of drug-likeness (QED) is 0.423. The second-order valence-corrected chi connectivity index (χ2v) is 7.61. The van der Waals surface area contributed by atoms with E-state index in [2.05, 4.69) is 37.4 Å². The van der Waals surface area contributed by atoms with Gasteiger partial charge >= 0.3 is 0 Å². The number of benzene rings is 1. The highest BCUT2D eigenvalue weighted by Crippen LogP contribution is 2.30. The summed E-state index contributed by atoms with van der Waals surface area (Å²) in [7, 11) is 1.64. The van der Waals surface area contributed by atoms with E-state index in [1.54, 1.807) is 29.8 Å². The first-order valence-electron chi connectivity index (χ1n) is 7.39. The number of thiophene rings is 1. The lowest BCUT2D eigenvalue weighted by Gasteiger charge is -1.99. The normalized spacial score (nSPS) is 10.9. The fourth-order valence-electron chi connectivity index (χ4n) is 2.15. The van der Waals surface area contributed by atoms with E-state index < -0.39 is 0 Å². The van der Waals surface area contributed by atoms with Crippen molar-refractivity contribution in [2.24, 2.45) is 0 Å². The zero-order chi connectivity index (χ0) is 17.1. The first kappa shape index (κ1) is 16.3. The van der Waals surface area contributed by atoms with Crippen molar-refractivity contribution in [2.45, 2.75) is 11.0 Å². The van der Waals surface area contributed by atoms with Crippen LogP contribution in [0.2, 0.25) is 0 Å². The Morgan fingerprint density at radius 3 is 2.72 bits per heavy atom. The van der Waals surface area contributed by atoms with Crippen molar-refractivity contribution >= 4 is 34.4 Å². The molecule has 4 aromatic rings. The number of methoxy groups -OCH3 is 1. The lowest BCUT2D eigenvalue weighted by Crippen LogP contribution is -1.82. The molecule has 0 N–H and O–H groups in total. The van der Waals surface area contributed by atoms with Crippen molar-refractivity contribution < 1.29 is 9.15 Å². The van der Waals surface area contributed by atoms with Crippen molar-refractivity contribution in [3.8, 4) is 27.8 Å². The highest BCUT2D eigenvalue weighted by atomic mass is 32.2. The Morgan fingerprint density at radius 2 is 1.96 bits per heavy atom. The van der Waals surface area contributed by atoms with Gasteiger partial charge in [0.1, 0.15) is 10.8 Å². The monoisotopic (exact) mass is 387 g/mol. The number of thiazole rings is 1. The Kier molecular flexibility index (Phi) is 4.82. The molecule has 5 nitrogen and oxygen atoms in total. The van der Waals surface area contributed by atoms with Crippen LogP contribution in [0.25, 0.3) is 22.0 Å². The van der Waals surface area contributed by atoms with Gasteiger partial charge in [-0.2, -0.15) is 11.3 Å². The minimum atomic E-state index is 0.502.